The van der Waals surface area contributed by atoms with Gasteiger partial charge in [-0.05, 0) is 6.07 Å². The molecule has 18 heavy (non-hydrogen) atoms. The highest BCUT2D eigenvalue weighted by Gasteiger charge is 2.17. The van der Waals surface area contributed by atoms with Gasteiger partial charge in [-0.2, -0.15) is 5.10 Å². The van der Waals surface area contributed by atoms with Crippen molar-refractivity contribution in [3.63, 3.8) is 0 Å². The van der Waals surface area contributed by atoms with E-state index in [9.17, 15) is 12.8 Å². The molecule has 0 spiro atoms. The molecule has 0 aliphatic carbocycles. The summed E-state index contributed by atoms with van der Waals surface area (Å²) >= 11 is 0. The van der Waals surface area contributed by atoms with E-state index in [-0.39, 0.29) is 17.3 Å². The van der Waals surface area contributed by atoms with Gasteiger partial charge in [-0.3, -0.25) is 14.8 Å². The lowest BCUT2D eigenvalue weighted by Crippen LogP contribution is -2.15. The molecule has 2 heterocycles. The molecule has 2 aromatic heterocycles. The van der Waals surface area contributed by atoms with Crippen LogP contribution in [0.5, 0.6) is 0 Å². The fourth-order valence-corrected chi connectivity index (χ4v) is 2.32. The third-order valence-electron chi connectivity index (χ3n) is 2.16. The average Bonchev–Trinajstić information content (AvgIpc) is 2.75. The van der Waals surface area contributed by atoms with Crippen molar-refractivity contribution in [3.8, 4) is 0 Å². The zero-order valence-corrected chi connectivity index (χ0v) is 9.91. The van der Waals surface area contributed by atoms with E-state index in [2.05, 4.69) is 19.9 Å². The van der Waals surface area contributed by atoms with Gasteiger partial charge in [0.1, 0.15) is 16.5 Å². The van der Waals surface area contributed by atoms with Crippen molar-refractivity contribution in [2.45, 2.75) is 11.4 Å². The first-order chi connectivity index (χ1) is 8.53. The molecule has 0 fully saturated rings. The number of H-pyrrole nitrogens is 1. The maximum absolute atomic E-state index is 12.9. The van der Waals surface area contributed by atoms with Crippen LogP contribution in [0.1, 0.15) is 5.56 Å². The van der Waals surface area contributed by atoms with Crippen LogP contribution in [0.3, 0.4) is 0 Å². The zero-order valence-electron chi connectivity index (χ0n) is 9.09. The molecule has 2 rings (SSSR count). The Hall–Kier alpha value is -2.00. The normalized spacial score (nSPS) is 11.4. The number of sulfonamides is 1. The SMILES string of the molecule is NCc1cn[nH]c1NS(=O)(=O)c1cncc(F)c1. The van der Waals surface area contributed by atoms with Crippen molar-refractivity contribution in [3.05, 3.63) is 36.0 Å². The maximum atomic E-state index is 12.9. The minimum absolute atomic E-state index is 0.121. The first-order valence-electron chi connectivity index (χ1n) is 4.88. The molecule has 96 valence electrons. The molecule has 2 aromatic rings. The summed E-state index contributed by atoms with van der Waals surface area (Å²) in [6.07, 6.45) is 3.37. The molecule has 0 unspecified atom stereocenters. The zero-order chi connectivity index (χ0) is 13.2. The van der Waals surface area contributed by atoms with Crippen LogP contribution in [0.4, 0.5) is 10.2 Å². The first kappa shape index (κ1) is 12.5. The molecule has 4 N–H and O–H groups in total. The van der Waals surface area contributed by atoms with Gasteiger partial charge in [0.05, 0.1) is 12.4 Å². The third-order valence-corrected chi connectivity index (χ3v) is 3.48. The highest BCUT2D eigenvalue weighted by atomic mass is 32.2. The molecule has 0 saturated heterocycles. The monoisotopic (exact) mass is 271 g/mol. The highest BCUT2D eigenvalue weighted by Crippen LogP contribution is 2.16. The van der Waals surface area contributed by atoms with Gasteiger partial charge in [-0.1, -0.05) is 0 Å². The van der Waals surface area contributed by atoms with E-state index < -0.39 is 15.8 Å². The molecule has 0 amide bonds. The molecule has 0 bridgehead atoms. The quantitative estimate of drug-likeness (QED) is 0.735. The molecule has 0 atom stereocenters. The van der Waals surface area contributed by atoms with E-state index in [1.54, 1.807) is 0 Å². The number of rotatable bonds is 4. The summed E-state index contributed by atoms with van der Waals surface area (Å²) in [5.74, 6) is -0.580. The molecule has 0 aliphatic heterocycles. The van der Waals surface area contributed by atoms with E-state index >= 15 is 0 Å². The molecule has 7 nitrogen and oxygen atoms in total. The predicted molar refractivity (Wildman–Crippen MR) is 61.5 cm³/mol. The van der Waals surface area contributed by atoms with Crippen molar-refractivity contribution in [1.29, 1.82) is 0 Å². The number of nitrogens with two attached hydrogens (primary N) is 1. The number of aromatic nitrogens is 3. The van der Waals surface area contributed by atoms with Crippen LogP contribution in [0, 0.1) is 5.82 Å². The van der Waals surface area contributed by atoms with Gasteiger partial charge in [0.2, 0.25) is 0 Å². The summed E-state index contributed by atoms with van der Waals surface area (Å²) in [4.78, 5) is 3.20. The third kappa shape index (κ3) is 2.46. The van der Waals surface area contributed by atoms with Gasteiger partial charge >= 0.3 is 0 Å². The lowest BCUT2D eigenvalue weighted by atomic mass is 10.3. The van der Waals surface area contributed by atoms with Crippen LogP contribution in [0.2, 0.25) is 0 Å². The molecule has 0 aromatic carbocycles. The van der Waals surface area contributed by atoms with Crippen molar-refractivity contribution >= 4 is 15.8 Å². The lowest BCUT2D eigenvalue weighted by Gasteiger charge is -2.07. The van der Waals surface area contributed by atoms with Crippen LogP contribution in [0.25, 0.3) is 0 Å². The van der Waals surface area contributed by atoms with Gasteiger partial charge in [-0.15, -0.1) is 0 Å². The fourth-order valence-electron chi connectivity index (χ4n) is 1.29. The van der Waals surface area contributed by atoms with E-state index in [1.165, 1.54) is 6.20 Å². The number of pyridine rings is 1. The highest BCUT2D eigenvalue weighted by molar-refractivity contribution is 7.92. The second-order valence-electron chi connectivity index (χ2n) is 3.42. The number of hydrogen-bond acceptors (Lipinski definition) is 5. The number of aromatic amines is 1. The second-order valence-corrected chi connectivity index (χ2v) is 5.10. The summed E-state index contributed by atoms with van der Waals surface area (Å²) in [5.41, 5.74) is 5.91. The van der Waals surface area contributed by atoms with E-state index in [0.717, 1.165) is 18.5 Å². The summed E-state index contributed by atoms with van der Waals surface area (Å²) in [7, 11) is -3.92. The number of hydrogen-bond donors (Lipinski definition) is 3. The summed E-state index contributed by atoms with van der Waals surface area (Å²) in [5, 5.41) is 6.13. The van der Waals surface area contributed by atoms with E-state index in [0.29, 0.717) is 5.56 Å². The Kier molecular flexibility index (Phi) is 3.26. The minimum atomic E-state index is -3.92. The smallest absolute Gasteiger partial charge is 0.264 e. The fraction of sp³-hybridized carbons (Fsp3) is 0.111. The van der Waals surface area contributed by atoms with Gasteiger partial charge in [0, 0.05) is 18.3 Å². The summed E-state index contributed by atoms with van der Waals surface area (Å²) in [6, 6.07) is 0.869. The topological polar surface area (TPSA) is 114 Å². The van der Waals surface area contributed by atoms with Crippen molar-refractivity contribution in [2.24, 2.45) is 5.73 Å². The Labute approximate surface area is 102 Å². The molecule has 9 heteroatoms. The molecule has 0 saturated carbocycles. The minimum Gasteiger partial charge on any atom is -0.326 e. The van der Waals surface area contributed by atoms with Gasteiger partial charge in [0.25, 0.3) is 10.0 Å². The Morgan fingerprint density at radius 3 is 2.83 bits per heavy atom. The van der Waals surface area contributed by atoms with Crippen LogP contribution < -0.4 is 10.5 Å². The predicted octanol–water partition coefficient (Wildman–Crippen LogP) is 0.203. The van der Waals surface area contributed by atoms with Gasteiger partial charge in [0.15, 0.2) is 0 Å². The Morgan fingerprint density at radius 1 is 1.39 bits per heavy atom. The van der Waals surface area contributed by atoms with Crippen LogP contribution in [-0.2, 0) is 16.6 Å². The summed E-state index contributed by atoms with van der Waals surface area (Å²) in [6.45, 7) is 0.121. The Balaban J connectivity index is 2.33. The van der Waals surface area contributed by atoms with Crippen molar-refractivity contribution < 1.29 is 12.8 Å². The van der Waals surface area contributed by atoms with Gasteiger partial charge < -0.3 is 5.73 Å². The molecular formula is C9H10FN5O2S. The first-order valence-corrected chi connectivity index (χ1v) is 6.37. The van der Waals surface area contributed by atoms with Crippen LogP contribution in [0.15, 0.2) is 29.6 Å². The Bertz CT molecular complexity index is 654. The largest absolute Gasteiger partial charge is 0.326 e. The van der Waals surface area contributed by atoms with Crippen LogP contribution in [-0.4, -0.2) is 23.6 Å². The lowest BCUT2D eigenvalue weighted by molar-refractivity contribution is 0.592. The number of halogens is 1. The van der Waals surface area contributed by atoms with Crippen molar-refractivity contribution in [1.82, 2.24) is 15.2 Å². The number of anilines is 1. The molecule has 0 aliphatic rings. The van der Waals surface area contributed by atoms with Gasteiger partial charge in [-0.25, -0.2) is 12.8 Å². The van der Waals surface area contributed by atoms with E-state index in [4.69, 9.17) is 5.73 Å². The average molecular weight is 271 g/mol. The summed E-state index contributed by atoms with van der Waals surface area (Å²) < 4.78 is 39.0. The van der Waals surface area contributed by atoms with E-state index in [1.807, 2.05) is 0 Å². The number of nitrogens with one attached hydrogen (secondary N) is 2. The Morgan fingerprint density at radius 2 is 2.17 bits per heavy atom. The standard InChI is InChI=1S/C9H10FN5O2S/c10-7-1-8(5-12-4-7)18(16,17)15-9-6(2-11)3-13-14-9/h1,3-5H,2,11H2,(H2,13,14,15). The van der Waals surface area contributed by atoms with Crippen molar-refractivity contribution in [2.75, 3.05) is 4.72 Å². The number of nitrogens with zero attached hydrogens (tertiary/aromatic N) is 2. The molecule has 0 radical (unpaired) electrons. The maximum Gasteiger partial charge on any atom is 0.264 e. The second kappa shape index (κ2) is 4.70. The molecular weight excluding hydrogens is 261 g/mol. The van der Waals surface area contributed by atoms with Crippen LogP contribution >= 0.6 is 0 Å².